The first kappa shape index (κ1) is 27.6. The zero-order valence-corrected chi connectivity index (χ0v) is 21.2. The first-order chi connectivity index (χ1) is 18.6. The van der Waals surface area contributed by atoms with Crippen molar-refractivity contribution in [2.75, 3.05) is 6.61 Å². The fraction of sp³-hybridized carbons (Fsp3) is 0.241. The molecule has 0 spiro atoms. The molecule has 3 aromatic carbocycles. The molecule has 0 fully saturated rings. The maximum Gasteiger partial charge on any atom is 0.416 e. The molecular weight excluding hydrogens is 515 g/mol. The van der Waals surface area contributed by atoms with Gasteiger partial charge in [-0.25, -0.2) is 9.78 Å². The van der Waals surface area contributed by atoms with E-state index in [4.69, 9.17) is 18.6 Å². The predicted molar refractivity (Wildman–Crippen MR) is 136 cm³/mol. The normalized spacial score (nSPS) is 12.1. The lowest BCUT2D eigenvalue weighted by atomic mass is 10.2. The Labute approximate surface area is 222 Å². The Balaban J connectivity index is 1.44. The van der Waals surface area contributed by atoms with Crippen molar-refractivity contribution in [2.45, 2.75) is 39.2 Å². The summed E-state index contributed by atoms with van der Waals surface area (Å²) in [5.74, 6) is 1.00. The minimum Gasteiger partial charge on any atom is -0.493 e. The first-order valence-electron chi connectivity index (χ1n) is 12.1. The molecule has 1 N–H and O–H groups in total. The number of alkyl halides is 3. The van der Waals surface area contributed by atoms with E-state index in [0.29, 0.717) is 29.4 Å². The lowest BCUT2D eigenvalue weighted by Gasteiger charge is -2.17. The standard InChI is InChI=1S/C29H26F3NO6/c1-18-25(33-27(39-18)20-6-4-3-5-7-20)14-15-36-24-12-13-26(38-19(2)28(34)35)21(16-24)17-37-23-10-8-22(9-11-23)29(30,31)32/h3-13,16,19H,14-15,17H2,1-2H3,(H,34,35). The lowest BCUT2D eigenvalue weighted by molar-refractivity contribution is -0.144. The highest BCUT2D eigenvalue weighted by atomic mass is 19.4. The highest BCUT2D eigenvalue weighted by molar-refractivity contribution is 5.72. The van der Waals surface area contributed by atoms with Crippen molar-refractivity contribution in [3.63, 3.8) is 0 Å². The van der Waals surface area contributed by atoms with Gasteiger partial charge in [-0.15, -0.1) is 0 Å². The van der Waals surface area contributed by atoms with Crippen molar-refractivity contribution in [1.82, 2.24) is 4.98 Å². The summed E-state index contributed by atoms with van der Waals surface area (Å²) in [5, 5.41) is 9.22. The molecule has 0 aliphatic heterocycles. The molecule has 1 aromatic heterocycles. The number of carboxylic acid groups (broad SMARTS) is 1. The molecule has 204 valence electrons. The van der Waals surface area contributed by atoms with E-state index in [2.05, 4.69) is 4.98 Å². The van der Waals surface area contributed by atoms with E-state index in [9.17, 15) is 23.1 Å². The third-order valence-electron chi connectivity index (χ3n) is 5.78. The average Bonchev–Trinajstić information content (AvgIpc) is 3.29. The van der Waals surface area contributed by atoms with Gasteiger partial charge in [-0.1, -0.05) is 18.2 Å². The Hall–Kier alpha value is -4.47. The van der Waals surface area contributed by atoms with Crippen molar-refractivity contribution in [3.8, 4) is 28.7 Å². The average molecular weight is 542 g/mol. The molecule has 0 aliphatic carbocycles. The fourth-order valence-corrected chi connectivity index (χ4v) is 3.65. The molecule has 1 unspecified atom stereocenters. The number of aromatic nitrogens is 1. The lowest BCUT2D eigenvalue weighted by Crippen LogP contribution is -2.23. The van der Waals surface area contributed by atoms with Gasteiger partial charge in [0.2, 0.25) is 5.89 Å². The summed E-state index contributed by atoms with van der Waals surface area (Å²) in [6.07, 6.45) is -5.10. The molecule has 39 heavy (non-hydrogen) atoms. The summed E-state index contributed by atoms with van der Waals surface area (Å²) in [4.78, 5) is 15.8. The van der Waals surface area contributed by atoms with Crippen molar-refractivity contribution in [3.05, 3.63) is 95.4 Å². The van der Waals surface area contributed by atoms with E-state index in [0.717, 1.165) is 23.4 Å². The quantitative estimate of drug-likeness (QED) is 0.225. The molecule has 0 aliphatic rings. The molecule has 0 saturated heterocycles. The summed E-state index contributed by atoms with van der Waals surface area (Å²) >= 11 is 0. The van der Waals surface area contributed by atoms with E-state index in [1.807, 2.05) is 37.3 Å². The highest BCUT2D eigenvalue weighted by Gasteiger charge is 2.30. The Morgan fingerprint density at radius 1 is 1.00 bits per heavy atom. The molecule has 1 atom stereocenters. The molecule has 7 nitrogen and oxygen atoms in total. The number of benzene rings is 3. The molecule has 10 heteroatoms. The number of halogens is 3. The molecule has 0 saturated carbocycles. The predicted octanol–water partition coefficient (Wildman–Crippen LogP) is 6.72. The molecule has 0 bridgehead atoms. The van der Waals surface area contributed by atoms with Gasteiger partial charge >= 0.3 is 12.1 Å². The summed E-state index contributed by atoms with van der Waals surface area (Å²) in [6.45, 7) is 3.41. The van der Waals surface area contributed by atoms with Gasteiger partial charge in [-0.2, -0.15) is 13.2 Å². The van der Waals surface area contributed by atoms with E-state index < -0.39 is 23.8 Å². The minimum absolute atomic E-state index is 0.0902. The SMILES string of the molecule is Cc1oc(-c2ccccc2)nc1CCOc1ccc(OC(C)C(=O)O)c(COc2ccc(C(F)(F)F)cc2)c1. The van der Waals surface area contributed by atoms with Gasteiger partial charge in [-0.05, 0) is 68.4 Å². The molecule has 0 amide bonds. The van der Waals surface area contributed by atoms with Crippen LogP contribution >= 0.6 is 0 Å². The largest absolute Gasteiger partial charge is 0.493 e. The fourth-order valence-electron chi connectivity index (χ4n) is 3.65. The number of hydrogen-bond donors (Lipinski definition) is 1. The number of carbonyl (C=O) groups is 1. The zero-order chi connectivity index (χ0) is 28.0. The second kappa shape index (κ2) is 11.9. The van der Waals surface area contributed by atoms with Crippen LogP contribution < -0.4 is 14.2 Å². The highest BCUT2D eigenvalue weighted by Crippen LogP contribution is 2.31. The molecule has 4 aromatic rings. The van der Waals surface area contributed by atoms with Crippen LogP contribution in [0.2, 0.25) is 0 Å². The Bertz CT molecular complexity index is 1400. The Morgan fingerprint density at radius 2 is 1.69 bits per heavy atom. The summed E-state index contributed by atoms with van der Waals surface area (Å²) < 4.78 is 61.4. The number of nitrogens with zero attached hydrogens (tertiary/aromatic N) is 1. The summed E-state index contributed by atoms with van der Waals surface area (Å²) in [5.41, 5.74) is 1.30. The number of aliphatic carboxylic acids is 1. The monoisotopic (exact) mass is 541 g/mol. The van der Waals surface area contributed by atoms with Crippen LogP contribution in [0, 0.1) is 6.92 Å². The van der Waals surface area contributed by atoms with Gasteiger partial charge in [0.25, 0.3) is 0 Å². The zero-order valence-electron chi connectivity index (χ0n) is 21.2. The summed E-state index contributed by atoms with van der Waals surface area (Å²) in [6, 6.07) is 18.7. The number of carboxylic acids is 1. The van der Waals surface area contributed by atoms with Crippen LogP contribution in [0.5, 0.6) is 17.2 Å². The molecular formula is C29H26F3NO6. The van der Waals surface area contributed by atoms with Gasteiger partial charge in [0, 0.05) is 17.5 Å². The van der Waals surface area contributed by atoms with Crippen LogP contribution in [0.25, 0.3) is 11.5 Å². The Morgan fingerprint density at radius 3 is 2.36 bits per heavy atom. The second-order valence-electron chi connectivity index (χ2n) is 8.67. The van der Waals surface area contributed by atoms with Crippen molar-refractivity contribution in [1.29, 1.82) is 0 Å². The molecule has 4 rings (SSSR count). The number of hydrogen-bond acceptors (Lipinski definition) is 6. The molecule has 0 radical (unpaired) electrons. The van der Waals surface area contributed by atoms with Gasteiger partial charge in [-0.3, -0.25) is 0 Å². The van der Waals surface area contributed by atoms with Crippen molar-refractivity contribution in [2.24, 2.45) is 0 Å². The van der Waals surface area contributed by atoms with Crippen LogP contribution in [0.1, 0.15) is 29.5 Å². The van der Waals surface area contributed by atoms with Crippen LogP contribution in [-0.4, -0.2) is 28.8 Å². The van der Waals surface area contributed by atoms with Crippen molar-refractivity contribution < 1.29 is 41.7 Å². The first-order valence-corrected chi connectivity index (χ1v) is 12.1. The van der Waals surface area contributed by atoms with Gasteiger partial charge in [0.05, 0.1) is 17.9 Å². The van der Waals surface area contributed by atoms with Gasteiger partial charge in [0.15, 0.2) is 6.10 Å². The maximum atomic E-state index is 12.8. The maximum absolute atomic E-state index is 12.8. The minimum atomic E-state index is -4.45. The number of rotatable bonds is 11. The molecule has 1 heterocycles. The Kier molecular flexibility index (Phi) is 8.43. The van der Waals surface area contributed by atoms with Crippen LogP contribution in [0.15, 0.2) is 77.2 Å². The number of aryl methyl sites for hydroxylation is 1. The van der Waals surface area contributed by atoms with Crippen LogP contribution in [-0.2, 0) is 24.0 Å². The number of ether oxygens (including phenoxy) is 3. The van der Waals surface area contributed by atoms with Crippen LogP contribution in [0.4, 0.5) is 13.2 Å². The van der Waals surface area contributed by atoms with Crippen molar-refractivity contribution >= 4 is 5.97 Å². The topological polar surface area (TPSA) is 91.0 Å². The summed E-state index contributed by atoms with van der Waals surface area (Å²) in [7, 11) is 0. The smallest absolute Gasteiger partial charge is 0.416 e. The van der Waals surface area contributed by atoms with Crippen LogP contribution in [0.3, 0.4) is 0 Å². The van der Waals surface area contributed by atoms with E-state index >= 15 is 0 Å². The van der Waals surface area contributed by atoms with E-state index in [-0.39, 0.29) is 24.7 Å². The third-order valence-corrected chi connectivity index (χ3v) is 5.78. The third kappa shape index (κ3) is 7.31. The van der Waals surface area contributed by atoms with E-state index in [1.165, 1.54) is 19.1 Å². The number of oxazole rings is 1. The van der Waals surface area contributed by atoms with Gasteiger partial charge in [0.1, 0.15) is 29.6 Å². The van der Waals surface area contributed by atoms with E-state index in [1.54, 1.807) is 18.2 Å². The second-order valence-corrected chi connectivity index (χ2v) is 8.67. The van der Waals surface area contributed by atoms with Gasteiger partial charge < -0.3 is 23.7 Å².